The van der Waals surface area contributed by atoms with Crippen molar-refractivity contribution in [1.29, 1.82) is 0 Å². The second-order valence-electron chi connectivity index (χ2n) is 4.06. The van der Waals surface area contributed by atoms with Gasteiger partial charge < -0.3 is 10.6 Å². The fourth-order valence-electron chi connectivity index (χ4n) is 1.82. The average Bonchev–Trinajstić information content (AvgIpc) is 2.63. The first-order chi connectivity index (χ1) is 8.49. The van der Waals surface area contributed by atoms with Gasteiger partial charge in [-0.1, -0.05) is 13.8 Å². The Bertz CT molecular complexity index is 451. The molecule has 0 aromatic carbocycles. The van der Waals surface area contributed by atoms with Crippen molar-refractivity contribution in [2.75, 3.05) is 11.9 Å². The van der Waals surface area contributed by atoms with Gasteiger partial charge in [0.25, 0.3) is 0 Å². The molecule has 0 saturated carbocycles. The summed E-state index contributed by atoms with van der Waals surface area (Å²) in [7, 11) is 1.80. The summed E-state index contributed by atoms with van der Waals surface area (Å²) in [6, 6.07) is 0. The Balaban J connectivity index is 2.80. The molecule has 0 fully saturated rings. The van der Waals surface area contributed by atoms with Gasteiger partial charge in [-0.25, -0.2) is 0 Å². The van der Waals surface area contributed by atoms with Crippen LogP contribution in [0.2, 0.25) is 0 Å². The molecule has 0 unspecified atom stereocenters. The Kier molecular flexibility index (Phi) is 4.88. The number of anilines is 1. The molecule has 0 atom stereocenters. The molecule has 1 heterocycles. The van der Waals surface area contributed by atoms with E-state index in [4.69, 9.17) is 0 Å². The highest BCUT2D eigenvalue weighted by Gasteiger charge is 2.15. The van der Waals surface area contributed by atoms with Crippen molar-refractivity contribution in [1.82, 2.24) is 15.1 Å². The summed E-state index contributed by atoms with van der Waals surface area (Å²) in [5.74, 6) is 0.246. The Morgan fingerprint density at radius 1 is 1.28 bits per heavy atom. The van der Waals surface area contributed by atoms with Gasteiger partial charge in [0.2, 0.25) is 11.8 Å². The van der Waals surface area contributed by atoms with Gasteiger partial charge in [0.05, 0.1) is 12.2 Å². The molecule has 1 rings (SSSR count). The topological polar surface area (TPSA) is 76.0 Å². The van der Waals surface area contributed by atoms with Crippen molar-refractivity contribution in [2.45, 2.75) is 33.6 Å². The van der Waals surface area contributed by atoms with E-state index in [0.29, 0.717) is 5.82 Å². The van der Waals surface area contributed by atoms with Gasteiger partial charge in [-0.3, -0.25) is 14.3 Å². The lowest BCUT2D eigenvalue weighted by Gasteiger charge is -2.08. The van der Waals surface area contributed by atoms with E-state index in [0.717, 1.165) is 24.1 Å². The van der Waals surface area contributed by atoms with Gasteiger partial charge >= 0.3 is 0 Å². The SMILES string of the molecule is CCc1nn(C)c(NC(=O)CNC(C)=O)c1CC. The third-order valence-electron chi connectivity index (χ3n) is 2.67. The quantitative estimate of drug-likeness (QED) is 0.806. The van der Waals surface area contributed by atoms with Crippen LogP contribution in [0.3, 0.4) is 0 Å². The summed E-state index contributed by atoms with van der Waals surface area (Å²) in [5.41, 5.74) is 2.05. The van der Waals surface area contributed by atoms with E-state index in [1.54, 1.807) is 11.7 Å². The van der Waals surface area contributed by atoms with Crippen LogP contribution in [0.5, 0.6) is 0 Å². The zero-order valence-corrected chi connectivity index (χ0v) is 11.3. The number of amides is 2. The van der Waals surface area contributed by atoms with Crippen LogP contribution in [0.1, 0.15) is 32.0 Å². The highest BCUT2D eigenvalue weighted by molar-refractivity contribution is 5.94. The molecule has 18 heavy (non-hydrogen) atoms. The van der Waals surface area contributed by atoms with Gasteiger partial charge in [-0.2, -0.15) is 5.10 Å². The molecular formula is C12H20N4O2. The molecule has 0 aliphatic carbocycles. The van der Waals surface area contributed by atoms with Gasteiger partial charge in [-0.15, -0.1) is 0 Å². The van der Waals surface area contributed by atoms with E-state index in [9.17, 15) is 9.59 Å². The monoisotopic (exact) mass is 252 g/mol. The standard InChI is InChI=1S/C12H20N4O2/c1-5-9-10(6-2)15-16(4)12(9)14-11(18)7-13-8(3)17/h5-7H2,1-4H3,(H,13,17)(H,14,18). The van der Waals surface area contributed by atoms with Crippen LogP contribution in [-0.4, -0.2) is 28.1 Å². The summed E-state index contributed by atoms with van der Waals surface area (Å²) < 4.78 is 1.67. The molecule has 0 aliphatic rings. The molecule has 2 amide bonds. The number of aryl methyl sites for hydroxylation is 2. The van der Waals surface area contributed by atoms with Crippen LogP contribution < -0.4 is 10.6 Å². The number of rotatable bonds is 5. The summed E-state index contributed by atoms with van der Waals surface area (Å²) in [4.78, 5) is 22.4. The number of nitrogens with one attached hydrogen (secondary N) is 2. The van der Waals surface area contributed by atoms with Crippen molar-refractivity contribution in [3.8, 4) is 0 Å². The predicted molar refractivity (Wildman–Crippen MR) is 69.3 cm³/mol. The molecule has 2 N–H and O–H groups in total. The van der Waals surface area contributed by atoms with Gasteiger partial charge in [0, 0.05) is 19.5 Å². The molecule has 0 saturated heterocycles. The Morgan fingerprint density at radius 3 is 2.44 bits per heavy atom. The lowest BCUT2D eigenvalue weighted by Crippen LogP contribution is -2.31. The number of hydrogen-bond donors (Lipinski definition) is 2. The van der Waals surface area contributed by atoms with E-state index >= 15 is 0 Å². The van der Waals surface area contributed by atoms with E-state index < -0.39 is 0 Å². The van der Waals surface area contributed by atoms with Crippen molar-refractivity contribution < 1.29 is 9.59 Å². The third-order valence-corrected chi connectivity index (χ3v) is 2.67. The van der Waals surface area contributed by atoms with Crippen molar-refractivity contribution in [3.63, 3.8) is 0 Å². The Hall–Kier alpha value is -1.85. The summed E-state index contributed by atoms with van der Waals surface area (Å²) in [6.45, 7) is 5.42. The van der Waals surface area contributed by atoms with E-state index in [1.807, 2.05) is 13.8 Å². The minimum atomic E-state index is -0.245. The molecule has 0 radical (unpaired) electrons. The average molecular weight is 252 g/mol. The number of carbonyl (C=O) groups excluding carboxylic acids is 2. The van der Waals surface area contributed by atoms with Crippen molar-refractivity contribution in [2.24, 2.45) is 7.05 Å². The second-order valence-corrected chi connectivity index (χ2v) is 4.06. The predicted octanol–water partition coefficient (Wildman–Crippen LogP) is 0.619. The normalized spacial score (nSPS) is 10.2. The molecule has 0 bridgehead atoms. The lowest BCUT2D eigenvalue weighted by atomic mass is 10.1. The maximum atomic E-state index is 11.7. The molecule has 6 heteroatoms. The number of hydrogen-bond acceptors (Lipinski definition) is 3. The molecule has 1 aromatic heterocycles. The Morgan fingerprint density at radius 2 is 1.94 bits per heavy atom. The zero-order valence-electron chi connectivity index (χ0n) is 11.3. The summed E-state index contributed by atoms with van der Waals surface area (Å²) >= 11 is 0. The Labute approximate surface area is 107 Å². The van der Waals surface area contributed by atoms with Gasteiger partial charge in [0.1, 0.15) is 5.82 Å². The molecule has 1 aromatic rings. The highest BCUT2D eigenvalue weighted by Crippen LogP contribution is 2.20. The first-order valence-corrected chi connectivity index (χ1v) is 6.08. The molecule has 6 nitrogen and oxygen atoms in total. The van der Waals surface area contributed by atoms with Gasteiger partial charge in [-0.05, 0) is 12.8 Å². The molecular weight excluding hydrogens is 232 g/mol. The van der Waals surface area contributed by atoms with Crippen LogP contribution in [0.25, 0.3) is 0 Å². The summed E-state index contributed by atoms with van der Waals surface area (Å²) in [5, 5.41) is 9.61. The fourth-order valence-corrected chi connectivity index (χ4v) is 1.82. The zero-order chi connectivity index (χ0) is 13.7. The van der Waals surface area contributed by atoms with Crippen LogP contribution >= 0.6 is 0 Å². The molecule has 0 aliphatic heterocycles. The summed E-state index contributed by atoms with van der Waals surface area (Å²) in [6.07, 6.45) is 1.64. The van der Waals surface area contributed by atoms with Gasteiger partial charge in [0.15, 0.2) is 0 Å². The van der Waals surface area contributed by atoms with Crippen LogP contribution in [-0.2, 0) is 29.5 Å². The fraction of sp³-hybridized carbons (Fsp3) is 0.583. The maximum Gasteiger partial charge on any atom is 0.244 e. The van der Waals surface area contributed by atoms with E-state index in [-0.39, 0.29) is 18.4 Å². The number of aromatic nitrogens is 2. The van der Waals surface area contributed by atoms with Crippen molar-refractivity contribution >= 4 is 17.6 Å². The van der Waals surface area contributed by atoms with Crippen LogP contribution in [0.15, 0.2) is 0 Å². The van der Waals surface area contributed by atoms with Crippen molar-refractivity contribution in [3.05, 3.63) is 11.3 Å². The molecule has 0 spiro atoms. The largest absolute Gasteiger partial charge is 0.347 e. The maximum absolute atomic E-state index is 11.7. The van der Waals surface area contributed by atoms with E-state index in [1.165, 1.54) is 6.92 Å². The smallest absolute Gasteiger partial charge is 0.244 e. The highest BCUT2D eigenvalue weighted by atomic mass is 16.2. The molecule has 100 valence electrons. The lowest BCUT2D eigenvalue weighted by molar-refractivity contribution is -0.122. The number of carbonyl (C=O) groups is 2. The minimum absolute atomic E-state index is 0.0227. The first-order valence-electron chi connectivity index (χ1n) is 6.08. The second kappa shape index (κ2) is 6.18. The third kappa shape index (κ3) is 3.32. The van der Waals surface area contributed by atoms with Crippen LogP contribution in [0.4, 0.5) is 5.82 Å². The van der Waals surface area contributed by atoms with Crippen LogP contribution in [0, 0.1) is 0 Å². The minimum Gasteiger partial charge on any atom is -0.347 e. The van der Waals surface area contributed by atoms with E-state index in [2.05, 4.69) is 15.7 Å². The number of nitrogens with zero attached hydrogens (tertiary/aromatic N) is 2. The first kappa shape index (κ1) is 14.2.